The SMILES string of the molecule is O=C(O)c1c(-c2ccc(Cl)cc2)oc2ccc(O)cc12. The Kier molecular flexibility index (Phi) is 2.88. The average Bonchev–Trinajstić information content (AvgIpc) is 2.78. The van der Waals surface area contributed by atoms with Gasteiger partial charge in [-0.1, -0.05) is 11.6 Å². The van der Waals surface area contributed by atoms with Crippen molar-refractivity contribution in [3.05, 3.63) is 53.1 Å². The molecule has 2 N–H and O–H groups in total. The monoisotopic (exact) mass is 288 g/mol. The summed E-state index contributed by atoms with van der Waals surface area (Å²) in [6.45, 7) is 0. The average molecular weight is 289 g/mol. The van der Waals surface area contributed by atoms with Crippen molar-refractivity contribution in [2.24, 2.45) is 0 Å². The van der Waals surface area contributed by atoms with Crippen molar-refractivity contribution in [1.82, 2.24) is 0 Å². The van der Waals surface area contributed by atoms with Gasteiger partial charge in [0.2, 0.25) is 0 Å². The summed E-state index contributed by atoms with van der Waals surface area (Å²) in [6, 6.07) is 11.1. The predicted molar refractivity (Wildman–Crippen MR) is 75.3 cm³/mol. The Morgan fingerprint density at radius 3 is 2.45 bits per heavy atom. The van der Waals surface area contributed by atoms with Gasteiger partial charge in [-0.3, -0.25) is 0 Å². The third-order valence-corrected chi connectivity index (χ3v) is 3.24. The van der Waals surface area contributed by atoms with E-state index in [0.717, 1.165) is 0 Å². The number of fused-ring (bicyclic) bond motifs is 1. The number of carbonyl (C=O) groups is 1. The molecule has 0 saturated heterocycles. The van der Waals surface area contributed by atoms with Crippen molar-refractivity contribution in [1.29, 1.82) is 0 Å². The fraction of sp³-hybridized carbons (Fsp3) is 0. The number of aromatic hydroxyl groups is 1. The number of halogens is 1. The van der Waals surface area contributed by atoms with Gasteiger partial charge in [0.05, 0.1) is 0 Å². The maximum atomic E-state index is 11.5. The first-order valence-electron chi connectivity index (χ1n) is 5.81. The van der Waals surface area contributed by atoms with Crippen LogP contribution >= 0.6 is 11.6 Å². The fourth-order valence-corrected chi connectivity index (χ4v) is 2.23. The number of furan rings is 1. The first-order valence-corrected chi connectivity index (χ1v) is 6.19. The van der Waals surface area contributed by atoms with Gasteiger partial charge < -0.3 is 14.6 Å². The number of hydrogen-bond donors (Lipinski definition) is 2. The predicted octanol–water partition coefficient (Wildman–Crippen LogP) is 4.16. The van der Waals surface area contributed by atoms with Crippen LogP contribution in [0.25, 0.3) is 22.3 Å². The van der Waals surface area contributed by atoms with Crippen LogP contribution in [-0.2, 0) is 0 Å². The van der Waals surface area contributed by atoms with Crippen molar-refractivity contribution in [3.8, 4) is 17.1 Å². The Morgan fingerprint density at radius 2 is 1.80 bits per heavy atom. The van der Waals surface area contributed by atoms with Gasteiger partial charge in [0.1, 0.15) is 22.7 Å². The van der Waals surface area contributed by atoms with E-state index in [1.807, 2.05) is 0 Å². The molecule has 0 unspecified atom stereocenters. The summed E-state index contributed by atoms with van der Waals surface area (Å²) in [4.78, 5) is 11.5. The summed E-state index contributed by atoms with van der Waals surface area (Å²) in [5, 5.41) is 19.8. The second-order valence-corrected chi connectivity index (χ2v) is 4.74. The largest absolute Gasteiger partial charge is 0.508 e. The van der Waals surface area contributed by atoms with E-state index in [1.54, 1.807) is 24.3 Å². The van der Waals surface area contributed by atoms with Crippen molar-refractivity contribution in [2.75, 3.05) is 0 Å². The first kappa shape index (κ1) is 12.6. The molecule has 2 aromatic carbocycles. The van der Waals surface area contributed by atoms with Gasteiger partial charge in [-0.05, 0) is 42.5 Å². The highest BCUT2D eigenvalue weighted by molar-refractivity contribution is 6.30. The Bertz CT molecular complexity index is 803. The molecule has 0 atom stereocenters. The molecule has 1 aromatic heterocycles. The van der Waals surface area contributed by atoms with E-state index in [2.05, 4.69) is 0 Å². The summed E-state index contributed by atoms with van der Waals surface area (Å²) in [5.41, 5.74) is 1.05. The Hall–Kier alpha value is -2.46. The summed E-state index contributed by atoms with van der Waals surface area (Å²) >= 11 is 5.82. The van der Waals surface area contributed by atoms with E-state index in [4.69, 9.17) is 16.0 Å². The number of carboxylic acids is 1. The number of rotatable bonds is 2. The first-order chi connectivity index (χ1) is 9.56. The van der Waals surface area contributed by atoms with E-state index < -0.39 is 5.97 Å². The highest BCUT2D eigenvalue weighted by Crippen LogP contribution is 2.35. The number of hydrogen-bond acceptors (Lipinski definition) is 3. The molecule has 3 rings (SSSR count). The van der Waals surface area contributed by atoms with Gasteiger partial charge in [0.25, 0.3) is 0 Å². The smallest absolute Gasteiger partial charge is 0.340 e. The molecular formula is C15H9ClO4. The quantitative estimate of drug-likeness (QED) is 0.743. The van der Waals surface area contributed by atoms with Gasteiger partial charge in [-0.15, -0.1) is 0 Å². The molecule has 0 amide bonds. The van der Waals surface area contributed by atoms with E-state index in [1.165, 1.54) is 18.2 Å². The van der Waals surface area contributed by atoms with Crippen LogP contribution in [-0.4, -0.2) is 16.2 Å². The minimum absolute atomic E-state index is 0.0107. The molecule has 0 aliphatic carbocycles. The molecule has 0 aliphatic rings. The zero-order chi connectivity index (χ0) is 14.3. The third-order valence-electron chi connectivity index (χ3n) is 2.99. The molecule has 5 heteroatoms. The van der Waals surface area contributed by atoms with Gasteiger partial charge in [-0.2, -0.15) is 0 Å². The molecule has 4 nitrogen and oxygen atoms in total. The molecule has 3 aromatic rings. The standard InChI is InChI=1S/C15H9ClO4/c16-9-3-1-8(2-4-9)14-13(15(18)19)11-7-10(17)5-6-12(11)20-14/h1-7,17H,(H,18,19). The Labute approximate surface area is 118 Å². The highest BCUT2D eigenvalue weighted by atomic mass is 35.5. The van der Waals surface area contributed by atoms with Crippen molar-refractivity contribution in [3.63, 3.8) is 0 Å². The van der Waals surface area contributed by atoms with Crippen molar-refractivity contribution in [2.45, 2.75) is 0 Å². The van der Waals surface area contributed by atoms with Crippen LogP contribution < -0.4 is 0 Å². The lowest BCUT2D eigenvalue weighted by molar-refractivity contribution is 0.0699. The molecule has 0 fully saturated rings. The minimum atomic E-state index is -1.11. The molecule has 0 aliphatic heterocycles. The van der Waals surface area contributed by atoms with E-state index >= 15 is 0 Å². The van der Waals surface area contributed by atoms with Crippen LogP contribution in [0.1, 0.15) is 10.4 Å². The van der Waals surface area contributed by atoms with Crippen molar-refractivity contribution >= 4 is 28.5 Å². The zero-order valence-electron chi connectivity index (χ0n) is 10.1. The Balaban J connectivity index is 2.32. The lowest BCUT2D eigenvalue weighted by Crippen LogP contribution is -1.96. The fourth-order valence-electron chi connectivity index (χ4n) is 2.10. The maximum Gasteiger partial charge on any atom is 0.340 e. The van der Waals surface area contributed by atoms with Crippen LogP contribution in [0.4, 0.5) is 0 Å². The van der Waals surface area contributed by atoms with Crippen LogP contribution in [0.15, 0.2) is 46.9 Å². The van der Waals surface area contributed by atoms with Gasteiger partial charge >= 0.3 is 5.97 Å². The lowest BCUT2D eigenvalue weighted by atomic mass is 10.1. The van der Waals surface area contributed by atoms with E-state index in [9.17, 15) is 15.0 Å². The molecule has 0 bridgehead atoms. The third kappa shape index (κ3) is 2.00. The normalized spacial score (nSPS) is 10.8. The van der Waals surface area contributed by atoms with Crippen LogP contribution in [0.2, 0.25) is 5.02 Å². The highest BCUT2D eigenvalue weighted by Gasteiger charge is 2.21. The molecule has 100 valence electrons. The summed E-state index contributed by atoms with van der Waals surface area (Å²) in [5.74, 6) is -0.877. The Morgan fingerprint density at radius 1 is 1.10 bits per heavy atom. The molecule has 1 heterocycles. The maximum absolute atomic E-state index is 11.5. The second-order valence-electron chi connectivity index (χ2n) is 4.30. The van der Waals surface area contributed by atoms with Crippen LogP contribution in [0.3, 0.4) is 0 Å². The number of phenols is 1. The van der Waals surface area contributed by atoms with Crippen LogP contribution in [0, 0.1) is 0 Å². The zero-order valence-corrected chi connectivity index (χ0v) is 10.9. The molecule has 0 saturated carbocycles. The van der Waals surface area contributed by atoms with E-state index in [-0.39, 0.29) is 17.1 Å². The number of phenolic OH excluding ortho intramolecular Hbond substituents is 1. The molecule has 0 spiro atoms. The van der Waals surface area contributed by atoms with Gasteiger partial charge in [-0.25, -0.2) is 4.79 Å². The van der Waals surface area contributed by atoms with Crippen molar-refractivity contribution < 1.29 is 19.4 Å². The molecule has 0 radical (unpaired) electrons. The topological polar surface area (TPSA) is 70.7 Å². The number of carboxylic acid groups (broad SMARTS) is 1. The minimum Gasteiger partial charge on any atom is -0.508 e. The number of benzene rings is 2. The molecular weight excluding hydrogens is 280 g/mol. The van der Waals surface area contributed by atoms with Gasteiger partial charge in [0.15, 0.2) is 0 Å². The van der Waals surface area contributed by atoms with Crippen LogP contribution in [0.5, 0.6) is 5.75 Å². The summed E-state index contributed by atoms with van der Waals surface area (Å²) in [6.07, 6.45) is 0. The van der Waals surface area contributed by atoms with E-state index in [0.29, 0.717) is 21.6 Å². The number of aromatic carboxylic acids is 1. The second kappa shape index (κ2) is 4.58. The summed E-state index contributed by atoms with van der Waals surface area (Å²) < 4.78 is 5.61. The van der Waals surface area contributed by atoms with Gasteiger partial charge in [0, 0.05) is 16.0 Å². The lowest BCUT2D eigenvalue weighted by Gasteiger charge is -1.99. The summed E-state index contributed by atoms with van der Waals surface area (Å²) in [7, 11) is 0. The molecule has 20 heavy (non-hydrogen) atoms.